The van der Waals surface area contributed by atoms with E-state index in [1.165, 1.54) is 5.56 Å². The summed E-state index contributed by atoms with van der Waals surface area (Å²) in [6, 6.07) is 7.64. The molecule has 16 heavy (non-hydrogen) atoms. The fraction of sp³-hybridized carbons (Fsp3) is 0.308. The topological polar surface area (TPSA) is 46.3 Å². The van der Waals surface area contributed by atoms with Crippen LogP contribution >= 0.6 is 0 Å². The first-order valence-corrected chi connectivity index (χ1v) is 5.51. The van der Waals surface area contributed by atoms with Gasteiger partial charge in [0.2, 0.25) is 0 Å². The van der Waals surface area contributed by atoms with Crippen molar-refractivity contribution >= 4 is 0 Å². The molecule has 0 fully saturated rings. The summed E-state index contributed by atoms with van der Waals surface area (Å²) < 4.78 is 5.24. The molecule has 0 aromatic carbocycles. The zero-order valence-electron chi connectivity index (χ0n) is 8.84. The van der Waals surface area contributed by atoms with Crippen LogP contribution in [0.4, 0.5) is 0 Å². The zero-order chi connectivity index (χ0) is 11.0. The summed E-state index contributed by atoms with van der Waals surface area (Å²) in [6.45, 7) is 0. The normalized spacial score (nSPS) is 20.7. The van der Waals surface area contributed by atoms with Crippen molar-refractivity contribution < 1.29 is 9.52 Å². The molecule has 82 valence electrons. The maximum Gasteiger partial charge on any atom is 0.132 e. The van der Waals surface area contributed by atoms with Crippen molar-refractivity contribution in [2.24, 2.45) is 0 Å². The third-order valence-corrected chi connectivity index (χ3v) is 3.22. The average molecular weight is 215 g/mol. The van der Waals surface area contributed by atoms with E-state index in [4.69, 9.17) is 4.42 Å². The summed E-state index contributed by atoms with van der Waals surface area (Å²) in [5.74, 6) is 0.700. The molecule has 3 heteroatoms. The molecule has 0 saturated carbocycles. The van der Waals surface area contributed by atoms with Gasteiger partial charge in [0.05, 0.1) is 6.26 Å². The summed E-state index contributed by atoms with van der Waals surface area (Å²) in [6.07, 6.45) is 4.73. The second-order valence-electron chi connectivity index (χ2n) is 4.15. The van der Waals surface area contributed by atoms with Crippen LogP contribution in [0.15, 0.2) is 41.1 Å². The van der Waals surface area contributed by atoms with E-state index in [1.807, 2.05) is 12.1 Å². The highest BCUT2D eigenvalue weighted by Gasteiger charge is 2.31. The number of aromatic nitrogens is 1. The van der Waals surface area contributed by atoms with E-state index in [2.05, 4.69) is 11.1 Å². The molecule has 2 atom stereocenters. The minimum atomic E-state index is -0.578. The molecular weight excluding hydrogens is 202 g/mol. The van der Waals surface area contributed by atoms with Gasteiger partial charge in [-0.15, -0.1) is 0 Å². The molecule has 0 aliphatic heterocycles. The van der Waals surface area contributed by atoms with Crippen LogP contribution < -0.4 is 0 Å². The number of hydrogen-bond donors (Lipinski definition) is 1. The van der Waals surface area contributed by atoms with Gasteiger partial charge in [-0.2, -0.15) is 0 Å². The van der Waals surface area contributed by atoms with Gasteiger partial charge in [-0.25, -0.2) is 0 Å². The smallest absolute Gasteiger partial charge is 0.132 e. The fourth-order valence-corrected chi connectivity index (χ4v) is 2.41. The molecule has 3 rings (SSSR count). The van der Waals surface area contributed by atoms with Crippen molar-refractivity contribution in [1.82, 2.24) is 4.98 Å². The zero-order valence-corrected chi connectivity index (χ0v) is 8.84. The van der Waals surface area contributed by atoms with Crippen LogP contribution in [0, 0.1) is 0 Å². The Balaban J connectivity index is 1.93. The van der Waals surface area contributed by atoms with Gasteiger partial charge in [0.25, 0.3) is 0 Å². The number of furan rings is 1. The van der Waals surface area contributed by atoms with E-state index >= 15 is 0 Å². The highest BCUT2D eigenvalue weighted by Crippen LogP contribution is 2.40. The van der Waals surface area contributed by atoms with Crippen LogP contribution in [-0.2, 0) is 6.42 Å². The second-order valence-corrected chi connectivity index (χ2v) is 4.15. The van der Waals surface area contributed by atoms with E-state index in [0.717, 1.165) is 18.5 Å². The average Bonchev–Trinajstić information content (AvgIpc) is 2.98. The lowest BCUT2D eigenvalue weighted by Crippen LogP contribution is -2.08. The number of rotatable bonds is 2. The van der Waals surface area contributed by atoms with Crippen LogP contribution in [-0.4, -0.2) is 10.1 Å². The number of aryl methyl sites for hydroxylation is 1. The van der Waals surface area contributed by atoms with Gasteiger partial charge in [-0.3, -0.25) is 4.98 Å². The lowest BCUT2D eigenvalue weighted by molar-refractivity contribution is 0.118. The van der Waals surface area contributed by atoms with Crippen LogP contribution in [0.25, 0.3) is 0 Å². The van der Waals surface area contributed by atoms with E-state index in [9.17, 15) is 5.11 Å². The number of aliphatic hydroxyl groups is 1. The van der Waals surface area contributed by atoms with Crippen molar-refractivity contribution in [2.45, 2.75) is 24.9 Å². The Bertz CT molecular complexity index is 478. The van der Waals surface area contributed by atoms with Gasteiger partial charge in [-0.05, 0) is 36.6 Å². The maximum absolute atomic E-state index is 10.2. The minimum Gasteiger partial charge on any atom is -0.467 e. The fourth-order valence-electron chi connectivity index (χ4n) is 2.41. The molecular formula is C13H13NO2. The van der Waals surface area contributed by atoms with E-state index in [-0.39, 0.29) is 5.92 Å². The Labute approximate surface area is 93.8 Å². The third-order valence-electron chi connectivity index (χ3n) is 3.22. The van der Waals surface area contributed by atoms with Crippen LogP contribution in [0.1, 0.15) is 35.5 Å². The molecule has 0 saturated heterocycles. The van der Waals surface area contributed by atoms with Gasteiger partial charge in [0, 0.05) is 17.8 Å². The maximum atomic E-state index is 10.2. The Morgan fingerprint density at radius 1 is 1.38 bits per heavy atom. The quantitative estimate of drug-likeness (QED) is 0.836. The standard InChI is InChI=1S/C13H13NO2/c15-13(11-4-2-8-16-11)10-6-5-9-3-1-7-14-12(9)10/h1-4,7-8,10,13,15H,5-6H2. The number of fused-ring (bicyclic) bond motifs is 1. The Hall–Kier alpha value is -1.61. The molecule has 0 bridgehead atoms. The van der Waals surface area contributed by atoms with Crippen LogP contribution in [0.5, 0.6) is 0 Å². The van der Waals surface area contributed by atoms with E-state index in [1.54, 1.807) is 18.5 Å². The molecule has 0 amide bonds. The minimum absolute atomic E-state index is 0.0716. The van der Waals surface area contributed by atoms with E-state index < -0.39 is 6.10 Å². The third kappa shape index (κ3) is 1.44. The van der Waals surface area contributed by atoms with E-state index in [0.29, 0.717) is 5.76 Å². The first-order chi connectivity index (χ1) is 7.86. The lowest BCUT2D eigenvalue weighted by Gasteiger charge is -2.15. The second kappa shape index (κ2) is 3.76. The largest absolute Gasteiger partial charge is 0.467 e. The van der Waals surface area contributed by atoms with Gasteiger partial charge < -0.3 is 9.52 Å². The molecule has 0 radical (unpaired) electrons. The Kier molecular flexibility index (Phi) is 2.26. The van der Waals surface area contributed by atoms with Gasteiger partial charge in [0.1, 0.15) is 11.9 Å². The summed E-state index contributed by atoms with van der Waals surface area (Å²) >= 11 is 0. The number of hydrogen-bond acceptors (Lipinski definition) is 3. The number of nitrogens with zero attached hydrogens (tertiary/aromatic N) is 1. The summed E-state index contributed by atoms with van der Waals surface area (Å²) in [5.41, 5.74) is 2.27. The van der Waals surface area contributed by atoms with Crippen molar-refractivity contribution in [3.8, 4) is 0 Å². The molecule has 1 aliphatic rings. The van der Waals surface area contributed by atoms with Gasteiger partial charge in [0.15, 0.2) is 0 Å². The molecule has 1 aliphatic carbocycles. The molecule has 3 nitrogen and oxygen atoms in total. The van der Waals surface area contributed by atoms with Crippen molar-refractivity contribution in [3.63, 3.8) is 0 Å². The molecule has 2 heterocycles. The molecule has 2 aromatic rings. The highest BCUT2D eigenvalue weighted by molar-refractivity contribution is 5.30. The number of aliphatic hydroxyl groups excluding tert-OH is 1. The number of pyridine rings is 1. The van der Waals surface area contributed by atoms with Gasteiger partial charge >= 0.3 is 0 Å². The molecule has 2 unspecified atom stereocenters. The van der Waals surface area contributed by atoms with Crippen molar-refractivity contribution in [3.05, 3.63) is 53.7 Å². The SMILES string of the molecule is OC(c1ccco1)C1CCc2cccnc21. The predicted molar refractivity (Wildman–Crippen MR) is 59.0 cm³/mol. The monoisotopic (exact) mass is 215 g/mol. The van der Waals surface area contributed by atoms with Crippen LogP contribution in [0.2, 0.25) is 0 Å². The molecule has 0 spiro atoms. The Morgan fingerprint density at radius 3 is 3.12 bits per heavy atom. The molecule has 2 aromatic heterocycles. The van der Waals surface area contributed by atoms with Crippen LogP contribution in [0.3, 0.4) is 0 Å². The highest BCUT2D eigenvalue weighted by atomic mass is 16.4. The summed E-state index contributed by atoms with van der Waals surface area (Å²) in [7, 11) is 0. The van der Waals surface area contributed by atoms with Crippen molar-refractivity contribution in [2.75, 3.05) is 0 Å². The Morgan fingerprint density at radius 2 is 2.31 bits per heavy atom. The summed E-state index contributed by atoms with van der Waals surface area (Å²) in [5, 5.41) is 10.2. The molecule has 1 N–H and O–H groups in total. The first kappa shape index (κ1) is 9.60. The first-order valence-electron chi connectivity index (χ1n) is 5.51. The summed E-state index contributed by atoms with van der Waals surface area (Å²) in [4.78, 5) is 4.37. The van der Waals surface area contributed by atoms with Gasteiger partial charge in [-0.1, -0.05) is 6.07 Å². The van der Waals surface area contributed by atoms with Crippen molar-refractivity contribution in [1.29, 1.82) is 0 Å². The predicted octanol–water partition coefficient (Wildman–Crippen LogP) is 2.44. The lowest BCUT2D eigenvalue weighted by atomic mass is 9.98.